The Hall–Kier alpha value is -2.04. The summed E-state index contributed by atoms with van der Waals surface area (Å²) in [4.78, 5) is 25.4. The molecule has 0 saturated heterocycles. The van der Waals surface area contributed by atoms with Crippen molar-refractivity contribution >= 4 is 17.5 Å². The fraction of sp³-hybridized carbons (Fsp3) is 0.529. The lowest BCUT2D eigenvalue weighted by Crippen LogP contribution is -2.35. The number of hydrogen-bond acceptors (Lipinski definition) is 3. The quantitative estimate of drug-likeness (QED) is 0.930. The van der Waals surface area contributed by atoms with E-state index in [1.165, 1.54) is 0 Å². The molecule has 5 heteroatoms. The van der Waals surface area contributed by atoms with Gasteiger partial charge in [0.15, 0.2) is 0 Å². The van der Waals surface area contributed by atoms with Crippen molar-refractivity contribution in [3.63, 3.8) is 0 Å². The van der Waals surface area contributed by atoms with Crippen LogP contribution in [0.3, 0.4) is 0 Å². The number of ether oxygens (including phenoxy) is 1. The standard InChI is InChI=1S/C17H24N2O3/c1-17(2,3)16(21)18-9-7-12-5-6-14-13(11-12)19(4)15(20)8-10-22-14/h5-6,11H,7-10H2,1-4H3,(H,18,21). The van der Waals surface area contributed by atoms with Crippen LogP contribution in [0.25, 0.3) is 0 Å². The maximum Gasteiger partial charge on any atom is 0.230 e. The topological polar surface area (TPSA) is 58.6 Å². The van der Waals surface area contributed by atoms with Crippen molar-refractivity contribution in [3.05, 3.63) is 23.8 Å². The molecule has 1 heterocycles. The third-order valence-corrected chi connectivity index (χ3v) is 3.71. The summed E-state index contributed by atoms with van der Waals surface area (Å²) in [7, 11) is 1.76. The summed E-state index contributed by atoms with van der Waals surface area (Å²) >= 11 is 0. The fourth-order valence-corrected chi connectivity index (χ4v) is 2.24. The molecule has 0 fully saturated rings. The Morgan fingerprint density at radius 3 is 2.77 bits per heavy atom. The molecule has 1 aromatic carbocycles. The molecule has 1 N–H and O–H groups in total. The molecule has 0 spiro atoms. The average molecular weight is 304 g/mol. The smallest absolute Gasteiger partial charge is 0.230 e. The highest BCUT2D eigenvalue weighted by Gasteiger charge is 2.21. The molecule has 2 amide bonds. The van der Waals surface area contributed by atoms with Gasteiger partial charge in [0, 0.05) is 19.0 Å². The van der Waals surface area contributed by atoms with E-state index in [-0.39, 0.29) is 17.2 Å². The van der Waals surface area contributed by atoms with Crippen LogP contribution in [-0.4, -0.2) is 32.0 Å². The lowest BCUT2D eigenvalue weighted by atomic mass is 9.95. The molecule has 1 aliphatic rings. The Labute approximate surface area is 131 Å². The predicted octanol–water partition coefficient (Wildman–Crippen LogP) is 2.14. The highest BCUT2D eigenvalue weighted by atomic mass is 16.5. The first-order valence-corrected chi connectivity index (χ1v) is 7.59. The van der Waals surface area contributed by atoms with E-state index in [4.69, 9.17) is 4.74 Å². The largest absolute Gasteiger partial charge is 0.491 e. The number of rotatable bonds is 3. The summed E-state index contributed by atoms with van der Waals surface area (Å²) in [5.41, 5.74) is 1.48. The maximum absolute atomic E-state index is 11.9. The van der Waals surface area contributed by atoms with E-state index in [0.717, 1.165) is 23.4 Å². The molecule has 0 bridgehead atoms. The number of fused-ring (bicyclic) bond motifs is 1. The summed E-state index contributed by atoms with van der Waals surface area (Å²) in [5.74, 6) is 0.825. The number of benzene rings is 1. The number of nitrogens with zero attached hydrogens (tertiary/aromatic N) is 1. The van der Waals surface area contributed by atoms with Crippen molar-refractivity contribution in [2.45, 2.75) is 33.6 Å². The van der Waals surface area contributed by atoms with E-state index in [1.54, 1.807) is 11.9 Å². The van der Waals surface area contributed by atoms with Crippen LogP contribution < -0.4 is 15.0 Å². The van der Waals surface area contributed by atoms with Crippen molar-refractivity contribution in [2.24, 2.45) is 5.41 Å². The zero-order valence-electron chi connectivity index (χ0n) is 13.7. The first kappa shape index (κ1) is 16.3. The van der Waals surface area contributed by atoms with Gasteiger partial charge in [0.25, 0.3) is 0 Å². The summed E-state index contributed by atoms with van der Waals surface area (Å²) in [6.07, 6.45) is 1.11. The van der Waals surface area contributed by atoms with E-state index >= 15 is 0 Å². The van der Waals surface area contributed by atoms with Crippen LogP contribution in [0.2, 0.25) is 0 Å². The van der Waals surface area contributed by atoms with Crippen LogP contribution >= 0.6 is 0 Å². The third-order valence-electron chi connectivity index (χ3n) is 3.71. The van der Waals surface area contributed by atoms with Crippen LogP contribution in [0.5, 0.6) is 5.75 Å². The van der Waals surface area contributed by atoms with E-state index in [0.29, 0.717) is 19.6 Å². The highest BCUT2D eigenvalue weighted by Crippen LogP contribution is 2.31. The second-order valence-electron chi connectivity index (χ2n) is 6.61. The minimum absolute atomic E-state index is 0.0397. The number of carbonyl (C=O) groups excluding carboxylic acids is 2. The SMILES string of the molecule is CN1C(=O)CCOc2ccc(CCNC(=O)C(C)(C)C)cc21. The molecule has 0 radical (unpaired) electrons. The molecule has 22 heavy (non-hydrogen) atoms. The molecule has 0 unspecified atom stereocenters. The second-order valence-corrected chi connectivity index (χ2v) is 6.61. The predicted molar refractivity (Wildman–Crippen MR) is 86.1 cm³/mol. The van der Waals surface area contributed by atoms with Gasteiger partial charge in [-0.25, -0.2) is 0 Å². The molecule has 1 aromatic rings. The van der Waals surface area contributed by atoms with Crippen LogP contribution in [-0.2, 0) is 16.0 Å². The Balaban J connectivity index is 2.03. The summed E-state index contributed by atoms with van der Waals surface area (Å²) in [6.45, 7) is 6.67. The van der Waals surface area contributed by atoms with Crippen LogP contribution in [0.1, 0.15) is 32.8 Å². The van der Waals surface area contributed by atoms with Crippen LogP contribution in [0.15, 0.2) is 18.2 Å². The van der Waals surface area contributed by atoms with E-state index in [1.807, 2.05) is 39.0 Å². The van der Waals surface area contributed by atoms with Crippen molar-refractivity contribution in [1.29, 1.82) is 0 Å². The summed E-state index contributed by atoms with van der Waals surface area (Å²) in [6, 6.07) is 5.83. The highest BCUT2D eigenvalue weighted by molar-refractivity contribution is 5.95. The molecule has 120 valence electrons. The lowest BCUT2D eigenvalue weighted by Gasteiger charge is -2.19. The molecular weight excluding hydrogens is 280 g/mol. The summed E-state index contributed by atoms with van der Waals surface area (Å²) in [5, 5.41) is 2.93. The zero-order valence-corrected chi connectivity index (χ0v) is 13.7. The number of amides is 2. The average Bonchev–Trinajstić information content (AvgIpc) is 2.58. The van der Waals surface area contributed by atoms with E-state index < -0.39 is 0 Å². The van der Waals surface area contributed by atoms with Gasteiger partial charge in [-0.3, -0.25) is 9.59 Å². The Morgan fingerprint density at radius 1 is 1.36 bits per heavy atom. The number of anilines is 1. The fourth-order valence-electron chi connectivity index (χ4n) is 2.24. The van der Waals surface area contributed by atoms with Gasteiger partial charge in [0.1, 0.15) is 5.75 Å². The first-order valence-electron chi connectivity index (χ1n) is 7.59. The lowest BCUT2D eigenvalue weighted by molar-refractivity contribution is -0.128. The van der Waals surface area contributed by atoms with Gasteiger partial charge in [-0.05, 0) is 24.1 Å². The minimum atomic E-state index is -0.381. The Kier molecular flexibility index (Phi) is 4.74. The number of hydrogen-bond donors (Lipinski definition) is 1. The molecule has 0 aliphatic carbocycles. The van der Waals surface area contributed by atoms with Gasteiger partial charge < -0.3 is 15.0 Å². The monoisotopic (exact) mass is 304 g/mol. The van der Waals surface area contributed by atoms with Crippen molar-refractivity contribution in [2.75, 3.05) is 25.1 Å². The molecule has 0 saturated carbocycles. The summed E-state index contributed by atoms with van der Waals surface area (Å²) < 4.78 is 5.60. The van der Waals surface area contributed by atoms with Gasteiger partial charge in [0.05, 0.1) is 18.7 Å². The van der Waals surface area contributed by atoms with Gasteiger partial charge in [0.2, 0.25) is 11.8 Å². The minimum Gasteiger partial charge on any atom is -0.491 e. The molecule has 0 atom stereocenters. The molecule has 1 aliphatic heterocycles. The van der Waals surface area contributed by atoms with Crippen molar-refractivity contribution in [3.8, 4) is 5.75 Å². The molecule has 0 aromatic heterocycles. The van der Waals surface area contributed by atoms with Gasteiger partial charge in [-0.2, -0.15) is 0 Å². The molecule has 2 rings (SSSR count). The third kappa shape index (κ3) is 3.78. The van der Waals surface area contributed by atoms with E-state index in [2.05, 4.69) is 5.32 Å². The van der Waals surface area contributed by atoms with Crippen LogP contribution in [0.4, 0.5) is 5.69 Å². The van der Waals surface area contributed by atoms with Gasteiger partial charge in [-0.1, -0.05) is 26.8 Å². The van der Waals surface area contributed by atoms with Crippen LogP contribution in [0, 0.1) is 5.41 Å². The number of nitrogens with one attached hydrogen (secondary N) is 1. The Bertz CT molecular complexity index is 576. The zero-order chi connectivity index (χ0) is 16.3. The van der Waals surface area contributed by atoms with Gasteiger partial charge >= 0.3 is 0 Å². The molecular formula is C17H24N2O3. The van der Waals surface area contributed by atoms with Crippen molar-refractivity contribution in [1.82, 2.24) is 5.32 Å². The molecule has 5 nitrogen and oxygen atoms in total. The van der Waals surface area contributed by atoms with Crippen molar-refractivity contribution < 1.29 is 14.3 Å². The Morgan fingerprint density at radius 2 is 2.09 bits per heavy atom. The second kappa shape index (κ2) is 6.38. The maximum atomic E-state index is 11.9. The normalized spacial score (nSPS) is 14.9. The van der Waals surface area contributed by atoms with E-state index in [9.17, 15) is 9.59 Å². The first-order chi connectivity index (χ1) is 10.3. The number of carbonyl (C=O) groups is 2. The van der Waals surface area contributed by atoms with Gasteiger partial charge in [-0.15, -0.1) is 0 Å².